The molecule has 2 heterocycles. The van der Waals surface area contributed by atoms with Crippen molar-refractivity contribution in [1.82, 2.24) is 13.9 Å². The summed E-state index contributed by atoms with van der Waals surface area (Å²) >= 11 is 0. The number of halogens is 3. The Bertz CT molecular complexity index is 1840. The molecule has 2 aromatic carbocycles. The number of aromatic nitrogens is 3. The minimum Gasteiger partial charge on any atom is -0.545 e. The van der Waals surface area contributed by atoms with E-state index in [-0.39, 0.29) is 63.3 Å². The van der Waals surface area contributed by atoms with E-state index in [1.165, 1.54) is 38.3 Å². The Balaban J connectivity index is 0.00000462. The van der Waals surface area contributed by atoms with Crippen molar-refractivity contribution in [3.8, 4) is 11.5 Å². The molecule has 0 unspecified atom stereocenters. The smallest absolute Gasteiger partial charge is 0.545 e. The Labute approximate surface area is 254 Å². The Kier molecular flexibility index (Phi) is 9.44. The topological polar surface area (TPSA) is 158 Å². The van der Waals surface area contributed by atoms with Crippen LogP contribution in [-0.2, 0) is 25.6 Å². The molecule has 0 atom stereocenters. The van der Waals surface area contributed by atoms with E-state index in [0.29, 0.717) is 3.97 Å². The van der Waals surface area contributed by atoms with Gasteiger partial charge in [0.05, 0.1) is 34.7 Å². The standard InChI is InChI=1S/C24H20F3N3O8S2.Na/c1-14-18(28-10-9-20(14)38-13-24(25,26)27)12-39(33,34)23-29-17-5-3-4-6-19(17)30(23)40(35,36)15-7-8-21(37-2)16(11-15)22(31)32;/h3-11H,12-13H2,1-2H3,(H,31,32);/q;+1/p-1. The van der Waals surface area contributed by atoms with Gasteiger partial charge in [0.15, 0.2) is 6.61 Å². The van der Waals surface area contributed by atoms with Crippen LogP contribution in [0.1, 0.15) is 21.6 Å². The van der Waals surface area contributed by atoms with E-state index in [1.807, 2.05) is 0 Å². The van der Waals surface area contributed by atoms with Crippen molar-refractivity contribution in [1.29, 1.82) is 0 Å². The minimum absolute atomic E-state index is 0. The average molecular weight is 622 g/mol. The molecule has 0 fully saturated rings. The summed E-state index contributed by atoms with van der Waals surface area (Å²) in [5, 5.41) is 10.7. The molecule has 2 aromatic heterocycles. The second-order valence-corrected chi connectivity index (χ2v) is 12.0. The number of fused-ring (bicyclic) bond motifs is 1. The molecule has 212 valence electrons. The fraction of sp³-hybridized carbons (Fsp3) is 0.208. The number of carboxylic acid groups (broad SMARTS) is 1. The first-order chi connectivity index (χ1) is 18.7. The number of carbonyl (C=O) groups is 1. The number of sulfone groups is 1. The summed E-state index contributed by atoms with van der Waals surface area (Å²) in [5.74, 6) is -3.11. The molecule has 0 radical (unpaired) electrons. The summed E-state index contributed by atoms with van der Waals surface area (Å²) in [7, 11) is -8.26. The molecule has 17 heteroatoms. The zero-order valence-electron chi connectivity index (χ0n) is 21.7. The molecular weight excluding hydrogens is 602 g/mol. The van der Waals surface area contributed by atoms with Crippen molar-refractivity contribution in [2.75, 3.05) is 13.7 Å². The molecular formula is C24H19F3N3NaO8S2. The third-order valence-electron chi connectivity index (χ3n) is 5.67. The number of aromatic carboxylic acids is 1. The van der Waals surface area contributed by atoms with Crippen LogP contribution in [0, 0.1) is 6.92 Å². The predicted molar refractivity (Wildman–Crippen MR) is 131 cm³/mol. The van der Waals surface area contributed by atoms with Crippen molar-refractivity contribution in [2.24, 2.45) is 0 Å². The molecule has 0 saturated carbocycles. The van der Waals surface area contributed by atoms with Crippen molar-refractivity contribution >= 4 is 36.9 Å². The number of methoxy groups -OCH3 is 1. The van der Waals surface area contributed by atoms with Gasteiger partial charge in [-0.2, -0.15) is 13.2 Å². The molecule has 0 aliphatic carbocycles. The van der Waals surface area contributed by atoms with Gasteiger partial charge in [-0.15, -0.1) is 0 Å². The number of alkyl halides is 3. The van der Waals surface area contributed by atoms with Gasteiger partial charge in [0, 0.05) is 17.3 Å². The minimum atomic E-state index is -4.79. The van der Waals surface area contributed by atoms with Crippen LogP contribution < -0.4 is 44.1 Å². The van der Waals surface area contributed by atoms with E-state index in [1.54, 1.807) is 0 Å². The summed E-state index contributed by atoms with van der Waals surface area (Å²) in [6.07, 6.45) is -3.58. The molecule has 11 nitrogen and oxygen atoms in total. The number of carboxylic acids is 1. The molecule has 41 heavy (non-hydrogen) atoms. The second-order valence-electron chi connectivity index (χ2n) is 8.35. The van der Waals surface area contributed by atoms with Gasteiger partial charge in [0.1, 0.15) is 17.3 Å². The summed E-state index contributed by atoms with van der Waals surface area (Å²) in [6.45, 7) is -0.310. The summed E-state index contributed by atoms with van der Waals surface area (Å²) in [6, 6.07) is 9.62. The Morgan fingerprint density at radius 2 is 1.73 bits per heavy atom. The number of hydrogen-bond donors (Lipinski definition) is 0. The maximum absolute atomic E-state index is 13.8. The van der Waals surface area contributed by atoms with Crippen LogP contribution in [-0.4, -0.2) is 56.6 Å². The summed E-state index contributed by atoms with van der Waals surface area (Å²) in [4.78, 5) is 18.9. The van der Waals surface area contributed by atoms with Crippen LogP contribution in [0.5, 0.6) is 11.5 Å². The third-order valence-corrected chi connectivity index (χ3v) is 8.97. The third kappa shape index (κ3) is 6.67. The second kappa shape index (κ2) is 12.0. The number of nitrogens with zero attached hydrogens (tertiary/aromatic N) is 3. The molecule has 4 rings (SSSR count). The predicted octanol–water partition coefficient (Wildman–Crippen LogP) is -0.732. The number of rotatable bonds is 9. The molecule has 0 spiro atoms. The van der Waals surface area contributed by atoms with Crippen molar-refractivity contribution in [3.63, 3.8) is 0 Å². The van der Waals surface area contributed by atoms with Gasteiger partial charge in [-0.25, -0.2) is 25.8 Å². The van der Waals surface area contributed by atoms with Gasteiger partial charge in [0.25, 0.3) is 10.0 Å². The van der Waals surface area contributed by atoms with Crippen LogP contribution in [0.3, 0.4) is 0 Å². The Morgan fingerprint density at radius 3 is 2.37 bits per heavy atom. The van der Waals surface area contributed by atoms with E-state index in [2.05, 4.69) is 9.97 Å². The van der Waals surface area contributed by atoms with Crippen LogP contribution in [0.4, 0.5) is 13.2 Å². The van der Waals surface area contributed by atoms with Gasteiger partial charge in [-0.1, -0.05) is 12.1 Å². The number of benzene rings is 2. The van der Waals surface area contributed by atoms with Crippen molar-refractivity contribution < 1.29 is 78.9 Å². The van der Waals surface area contributed by atoms with Crippen LogP contribution in [0.25, 0.3) is 11.0 Å². The number of pyridine rings is 1. The monoisotopic (exact) mass is 621 g/mol. The number of para-hydroxylation sites is 2. The average Bonchev–Trinajstić information content (AvgIpc) is 3.30. The first-order valence-corrected chi connectivity index (χ1v) is 14.2. The van der Waals surface area contributed by atoms with Crippen LogP contribution >= 0.6 is 0 Å². The fourth-order valence-corrected chi connectivity index (χ4v) is 7.17. The van der Waals surface area contributed by atoms with E-state index >= 15 is 0 Å². The molecule has 0 aliphatic heterocycles. The fourth-order valence-electron chi connectivity index (χ4n) is 3.79. The summed E-state index contributed by atoms with van der Waals surface area (Å²) in [5.41, 5.74) is -0.925. The molecule has 0 saturated heterocycles. The maximum Gasteiger partial charge on any atom is 1.00 e. The zero-order valence-corrected chi connectivity index (χ0v) is 25.3. The molecule has 0 amide bonds. The Hall–Kier alpha value is -3.18. The molecule has 4 aromatic rings. The van der Waals surface area contributed by atoms with Crippen LogP contribution in [0.2, 0.25) is 0 Å². The molecule has 0 bridgehead atoms. The van der Waals surface area contributed by atoms with E-state index in [9.17, 15) is 39.9 Å². The molecule has 0 aliphatic rings. The van der Waals surface area contributed by atoms with Gasteiger partial charge < -0.3 is 19.4 Å². The Morgan fingerprint density at radius 1 is 1.05 bits per heavy atom. The first-order valence-electron chi connectivity index (χ1n) is 11.1. The quantitative estimate of drug-likeness (QED) is 0.218. The van der Waals surface area contributed by atoms with Gasteiger partial charge in [-0.3, -0.25) is 4.98 Å². The van der Waals surface area contributed by atoms with E-state index < -0.39 is 60.0 Å². The maximum atomic E-state index is 13.8. The SMILES string of the molecule is COc1ccc(S(=O)(=O)n2c(S(=O)(=O)Cc3nccc(OCC(F)(F)F)c3C)nc3ccccc32)cc1C(=O)[O-].[Na+]. The van der Waals surface area contributed by atoms with Gasteiger partial charge >= 0.3 is 35.7 Å². The van der Waals surface area contributed by atoms with E-state index in [0.717, 1.165) is 30.5 Å². The van der Waals surface area contributed by atoms with Crippen molar-refractivity contribution in [3.05, 3.63) is 71.5 Å². The largest absolute Gasteiger partial charge is 1.00 e. The van der Waals surface area contributed by atoms with Crippen LogP contribution in [0.15, 0.2) is 64.8 Å². The number of ether oxygens (including phenoxy) is 2. The number of carbonyl (C=O) groups excluding carboxylic acids is 1. The molecule has 0 N–H and O–H groups in total. The number of hydrogen-bond acceptors (Lipinski definition) is 10. The first kappa shape index (κ1) is 32.3. The zero-order chi connectivity index (χ0) is 29.5. The number of imidazole rings is 1. The van der Waals surface area contributed by atoms with Crippen molar-refractivity contribution in [2.45, 2.75) is 28.9 Å². The van der Waals surface area contributed by atoms with E-state index in [4.69, 9.17) is 9.47 Å². The van der Waals surface area contributed by atoms with Gasteiger partial charge in [0.2, 0.25) is 15.0 Å². The summed E-state index contributed by atoms with van der Waals surface area (Å²) < 4.78 is 103. The van der Waals surface area contributed by atoms with Gasteiger partial charge in [-0.05, 0) is 43.3 Å². The normalized spacial score (nSPS) is 12.1.